The Morgan fingerprint density at radius 3 is 2.96 bits per heavy atom. The first kappa shape index (κ1) is 19.3. The lowest BCUT2D eigenvalue weighted by Gasteiger charge is -2.17. The summed E-state index contributed by atoms with van der Waals surface area (Å²) in [6.45, 7) is 2.81. The molecule has 1 aliphatic heterocycles. The van der Waals surface area contributed by atoms with Gasteiger partial charge in [-0.2, -0.15) is 0 Å². The van der Waals surface area contributed by atoms with Gasteiger partial charge in [0, 0.05) is 28.0 Å². The van der Waals surface area contributed by atoms with Crippen LogP contribution >= 0.6 is 38.6 Å². The average Bonchev–Trinajstić information content (AvgIpc) is 3.40. The van der Waals surface area contributed by atoms with E-state index in [1.54, 1.807) is 27.6 Å². The average molecular weight is 476 g/mol. The van der Waals surface area contributed by atoms with Crippen LogP contribution in [0.25, 0.3) is 9.88 Å². The lowest BCUT2D eigenvalue weighted by molar-refractivity contribution is -0.126. The van der Waals surface area contributed by atoms with E-state index in [0.717, 1.165) is 30.6 Å². The Balaban J connectivity index is 1.39. The fourth-order valence-electron chi connectivity index (χ4n) is 3.19. The molecule has 8 heteroatoms. The predicted molar refractivity (Wildman–Crippen MR) is 117 cm³/mol. The van der Waals surface area contributed by atoms with Gasteiger partial charge in [-0.1, -0.05) is 28.1 Å². The van der Waals surface area contributed by atoms with Gasteiger partial charge in [0.1, 0.15) is 5.01 Å². The van der Waals surface area contributed by atoms with Gasteiger partial charge in [-0.05, 0) is 36.6 Å². The maximum atomic E-state index is 12.6. The topological polar surface area (TPSA) is 62.3 Å². The number of hydrogen-bond acceptors (Lipinski definition) is 5. The number of halogens is 1. The summed E-state index contributed by atoms with van der Waals surface area (Å²) in [5.74, 6) is -0.444. The minimum Gasteiger partial charge on any atom is -0.351 e. The Labute approximate surface area is 179 Å². The van der Waals surface area contributed by atoms with Crippen LogP contribution in [0.4, 0.5) is 5.69 Å². The number of benzene rings is 1. The van der Waals surface area contributed by atoms with E-state index in [4.69, 9.17) is 0 Å². The normalized spacial score (nSPS) is 16.6. The van der Waals surface area contributed by atoms with Crippen molar-refractivity contribution in [3.63, 3.8) is 0 Å². The fourth-order valence-corrected chi connectivity index (χ4v) is 5.37. The van der Waals surface area contributed by atoms with Crippen LogP contribution in [0.15, 0.2) is 46.3 Å². The number of anilines is 1. The molecule has 3 heterocycles. The molecule has 1 fully saturated rings. The Hall–Kier alpha value is -2.03. The number of aryl methyl sites for hydroxylation is 1. The molecule has 0 radical (unpaired) electrons. The van der Waals surface area contributed by atoms with E-state index in [9.17, 15) is 9.59 Å². The molecule has 1 saturated heterocycles. The molecule has 5 nitrogen and oxygen atoms in total. The van der Waals surface area contributed by atoms with Gasteiger partial charge in [0.15, 0.2) is 0 Å². The minimum absolute atomic E-state index is 0.0211. The number of nitrogens with one attached hydrogen (secondary N) is 1. The summed E-state index contributed by atoms with van der Waals surface area (Å²) in [6, 6.07) is 11.6. The highest BCUT2D eigenvalue weighted by Gasteiger charge is 2.35. The van der Waals surface area contributed by atoms with Crippen LogP contribution in [0.5, 0.6) is 0 Å². The highest BCUT2D eigenvalue weighted by atomic mass is 79.9. The Bertz CT molecular complexity index is 1020. The molecule has 0 spiro atoms. The van der Waals surface area contributed by atoms with Crippen LogP contribution in [0.3, 0.4) is 0 Å². The second kappa shape index (κ2) is 8.14. The third-order valence-electron chi connectivity index (χ3n) is 4.66. The molecule has 1 atom stereocenters. The van der Waals surface area contributed by atoms with Gasteiger partial charge < -0.3 is 10.2 Å². The summed E-state index contributed by atoms with van der Waals surface area (Å²) < 4.78 is 0.910. The Morgan fingerprint density at radius 1 is 1.36 bits per heavy atom. The van der Waals surface area contributed by atoms with Crippen LogP contribution in [-0.4, -0.2) is 23.3 Å². The number of nitrogens with zero attached hydrogens (tertiary/aromatic N) is 2. The monoisotopic (exact) mass is 475 g/mol. The molecule has 1 aliphatic rings. The molecule has 0 bridgehead atoms. The van der Waals surface area contributed by atoms with Crippen LogP contribution in [-0.2, 0) is 16.1 Å². The van der Waals surface area contributed by atoms with E-state index < -0.39 is 0 Å². The summed E-state index contributed by atoms with van der Waals surface area (Å²) >= 11 is 6.69. The first-order valence-corrected chi connectivity index (χ1v) is 11.3. The Morgan fingerprint density at radius 2 is 2.21 bits per heavy atom. The van der Waals surface area contributed by atoms with E-state index in [1.807, 2.05) is 48.7 Å². The second-order valence-electron chi connectivity index (χ2n) is 6.61. The van der Waals surface area contributed by atoms with Gasteiger partial charge in [-0.15, -0.1) is 22.7 Å². The molecule has 28 heavy (non-hydrogen) atoms. The van der Waals surface area contributed by atoms with Crippen molar-refractivity contribution in [1.82, 2.24) is 10.3 Å². The van der Waals surface area contributed by atoms with Crippen molar-refractivity contribution in [2.24, 2.45) is 5.92 Å². The number of amides is 2. The van der Waals surface area contributed by atoms with Gasteiger partial charge in [0.25, 0.3) is 0 Å². The van der Waals surface area contributed by atoms with Crippen molar-refractivity contribution in [2.45, 2.75) is 19.9 Å². The molecule has 1 N–H and O–H groups in total. The summed E-state index contributed by atoms with van der Waals surface area (Å²) in [5.41, 5.74) is 1.75. The zero-order valence-electron chi connectivity index (χ0n) is 15.1. The molecule has 1 aromatic carbocycles. The third-order valence-corrected chi connectivity index (χ3v) is 7.35. The molecular weight excluding hydrogens is 458 g/mol. The fraction of sp³-hybridized carbons (Fsp3) is 0.250. The minimum atomic E-state index is -0.337. The van der Waals surface area contributed by atoms with E-state index in [1.165, 1.54) is 0 Å². The lowest BCUT2D eigenvalue weighted by atomic mass is 10.1. The number of thiophene rings is 1. The maximum Gasteiger partial charge on any atom is 0.227 e. The second-order valence-corrected chi connectivity index (χ2v) is 9.55. The number of carbonyl (C=O) groups excluding carboxylic acids is 2. The smallest absolute Gasteiger partial charge is 0.227 e. The van der Waals surface area contributed by atoms with Gasteiger partial charge in [0.05, 0.1) is 23.0 Å². The van der Waals surface area contributed by atoms with E-state index >= 15 is 0 Å². The highest BCUT2D eigenvalue weighted by molar-refractivity contribution is 9.10. The van der Waals surface area contributed by atoms with Crippen LogP contribution < -0.4 is 10.2 Å². The van der Waals surface area contributed by atoms with Crippen molar-refractivity contribution in [3.8, 4) is 9.88 Å². The van der Waals surface area contributed by atoms with Crippen molar-refractivity contribution in [3.05, 3.63) is 56.8 Å². The number of thiazole rings is 1. The molecule has 1 unspecified atom stereocenters. The zero-order chi connectivity index (χ0) is 19.7. The molecule has 0 aliphatic carbocycles. The zero-order valence-corrected chi connectivity index (χ0v) is 18.4. The van der Waals surface area contributed by atoms with Crippen molar-refractivity contribution < 1.29 is 9.59 Å². The number of rotatable bonds is 5. The summed E-state index contributed by atoms with van der Waals surface area (Å²) in [6.07, 6.45) is 0.237. The number of carbonyl (C=O) groups is 2. The number of aromatic nitrogens is 1. The summed E-state index contributed by atoms with van der Waals surface area (Å²) in [7, 11) is 0. The molecule has 144 valence electrons. The van der Waals surface area contributed by atoms with Crippen LogP contribution in [0.2, 0.25) is 0 Å². The van der Waals surface area contributed by atoms with Gasteiger partial charge >= 0.3 is 0 Å². The third kappa shape index (κ3) is 4.04. The molecular formula is C20H18BrN3O2S2. The summed E-state index contributed by atoms with van der Waals surface area (Å²) in [4.78, 5) is 33.5. The molecule has 2 amide bonds. The van der Waals surface area contributed by atoms with Gasteiger partial charge in [0.2, 0.25) is 11.8 Å². The largest absolute Gasteiger partial charge is 0.351 e. The SMILES string of the molecule is Cc1nc(-c2cccs2)sc1CNC(=O)C1CC(=O)N(c2cccc(Br)c2)C1. The van der Waals surface area contributed by atoms with Crippen molar-refractivity contribution >= 4 is 56.1 Å². The Kier molecular flexibility index (Phi) is 5.61. The van der Waals surface area contributed by atoms with E-state index in [2.05, 4.69) is 26.2 Å². The van der Waals surface area contributed by atoms with E-state index in [-0.39, 0.29) is 24.2 Å². The van der Waals surface area contributed by atoms with Crippen molar-refractivity contribution in [1.29, 1.82) is 0 Å². The quantitative estimate of drug-likeness (QED) is 0.585. The first-order chi connectivity index (χ1) is 13.5. The summed E-state index contributed by atoms with van der Waals surface area (Å²) in [5, 5.41) is 6.00. The molecule has 2 aromatic heterocycles. The van der Waals surface area contributed by atoms with Gasteiger partial charge in [-0.25, -0.2) is 4.98 Å². The van der Waals surface area contributed by atoms with Crippen molar-refractivity contribution in [2.75, 3.05) is 11.4 Å². The first-order valence-electron chi connectivity index (χ1n) is 8.85. The molecule has 0 saturated carbocycles. The standard InChI is InChI=1S/C20H18BrN3O2S2/c1-12-17(28-20(23-12)16-6-3-7-27-16)10-22-19(26)13-8-18(25)24(11-13)15-5-2-4-14(21)9-15/h2-7,9,13H,8,10-11H2,1H3,(H,22,26). The number of hydrogen-bond donors (Lipinski definition) is 1. The predicted octanol–water partition coefficient (Wildman–Crippen LogP) is 4.61. The molecule has 3 aromatic rings. The van der Waals surface area contributed by atoms with Gasteiger partial charge in [-0.3, -0.25) is 9.59 Å². The maximum absolute atomic E-state index is 12.6. The lowest BCUT2D eigenvalue weighted by Crippen LogP contribution is -2.32. The van der Waals surface area contributed by atoms with E-state index in [0.29, 0.717) is 13.1 Å². The van der Waals surface area contributed by atoms with Crippen LogP contribution in [0.1, 0.15) is 17.0 Å². The molecule has 4 rings (SSSR count). The van der Waals surface area contributed by atoms with Crippen LogP contribution in [0, 0.1) is 12.8 Å². The highest BCUT2D eigenvalue weighted by Crippen LogP contribution is 2.31.